The number of hydrogen-bond acceptors (Lipinski definition) is 3. The summed E-state index contributed by atoms with van der Waals surface area (Å²) in [6.07, 6.45) is 4.31. The molecule has 0 saturated carbocycles. The number of rotatable bonds is 4. The van der Waals surface area contributed by atoms with Gasteiger partial charge in [-0.25, -0.2) is 0 Å². The van der Waals surface area contributed by atoms with Gasteiger partial charge in [-0.1, -0.05) is 19.1 Å². The molecule has 5 nitrogen and oxygen atoms in total. The Morgan fingerprint density at radius 3 is 2.43 bits per heavy atom. The highest BCUT2D eigenvalue weighted by Gasteiger charge is 2.35. The fourth-order valence-electron chi connectivity index (χ4n) is 2.94. The van der Waals surface area contributed by atoms with Crippen molar-refractivity contribution in [1.82, 2.24) is 9.88 Å². The molecule has 1 aromatic carbocycles. The molecule has 1 fully saturated rings. The summed E-state index contributed by atoms with van der Waals surface area (Å²) in [7, 11) is 0. The number of ketones is 1. The Hall–Kier alpha value is -2.40. The Bertz CT molecular complexity index is 706. The topological polar surface area (TPSA) is 79.2 Å². The molecule has 1 aliphatic heterocycles. The van der Waals surface area contributed by atoms with Gasteiger partial charge in [0.2, 0.25) is 0 Å². The van der Waals surface area contributed by atoms with Crippen molar-refractivity contribution < 1.29 is 9.59 Å². The van der Waals surface area contributed by atoms with Crippen LogP contribution in [0.2, 0.25) is 0 Å². The molecule has 2 aromatic rings. The molecule has 120 valence electrons. The maximum Gasteiger partial charge on any atom is 0.253 e. The van der Waals surface area contributed by atoms with Gasteiger partial charge >= 0.3 is 0 Å². The summed E-state index contributed by atoms with van der Waals surface area (Å²) in [5, 5.41) is 0. The van der Waals surface area contributed by atoms with Crippen molar-refractivity contribution in [3.05, 3.63) is 59.4 Å². The minimum absolute atomic E-state index is 0.00261. The van der Waals surface area contributed by atoms with Gasteiger partial charge in [0, 0.05) is 42.2 Å². The number of aromatic amines is 1. The minimum Gasteiger partial charge on any atom is -0.367 e. The summed E-state index contributed by atoms with van der Waals surface area (Å²) in [5.41, 5.74) is 7.60. The van der Waals surface area contributed by atoms with Crippen LogP contribution in [0.1, 0.15) is 39.6 Å². The van der Waals surface area contributed by atoms with Crippen LogP contribution in [0.5, 0.6) is 0 Å². The molecule has 1 unspecified atom stereocenters. The van der Waals surface area contributed by atoms with Gasteiger partial charge < -0.3 is 15.6 Å². The first-order valence-electron chi connectivity index (χ1n) is 7.79. The van der Waals surface area contributed by atoms with Crippen LogP contribution in [0.4, 0.5) is 0 Å². The first-order valence-corrected chi connectivity index (χ1v) is 7.79. The molecule has 1 atom stereocenters. The zero-order chi connectivity index (χ0) is 16.4. The number of H-pyrrole nitrogens is 1. The number of hydrogen-bond donors (Lipinski definition) is 2. The molecule has 0 bridgehead atoms. The predicted octanol–water partition coefficient (Wildman–Crippen LogP) is 2.06. The summed E-state index contributed by atoms with van der Waals surface area (Å²) in [6.45, 7) is 4.11. The maximum atomic E-state index is 12.6. The molecule has 2 heterocycles. The van der Waals surface area contributed by atoms with Gasteiger partial charge in [0.05, 0.1) is 0 Å². The second-order valence-corrected chi connectivity index (χ2v) is 6.50. The predicted molar refractivity (Wildman–Crippen MR) is 88.3 cm³/mol. The number of carbonyl (C=O) groups excluding carboxylic acids is 2. The molecule has 5 heteroatoms. The Labute approximate surface area is 135 Å². The second kappa shape index (κ2) is 6.01. The monoisotopic (exact) mass is 311 g/mol. The molecule has 1 amide bonds. The van der Waals surface area contributed by atoms with Gasteiger partial charge in [0.25, 0.3) is 5.91 Å². The van der Waals surface area contributed by atoms with Crippen molar-refractivity contribution in [1.29, 1.82) is 0 Å². The van der Waals surface area contributed by atoms with Crippen molar-refractivity contribution in [3.63, 3.8) is 0 Å². The van der Waals surface area contributed by atoms with Crippen LogP contribution in [0, 0.1) is 5.41 Å². The Morgan fingerprint density at radius 2 is 1.87 bits per heavy atom. The lowest BCUT2D eigenvalue weighted by Crippen LogP contribution is -2.34. The highest BCUT2D eigenvalue weighted by Crippen LogP contribution is 2.29. The van der Waals surface area contributed by atoms with E-state index in [0.717, 1.165) is 13.0 Å². The molecular formula is C18H21N3O2. The molecule has 3 N–H and O–H groups in total. The van der Waals surface area contributed by atoms with E-state index in [2.05, 4.69) is 11.9 Å². The third-order valence-electron chi connectivity index (χ3n) is 4.59. The van der Waals surface area contributed by atoms with Gasteiger partial charge in [-0.3, -0.25) is 9.59 Å². The van der Waals surface area contributed by atoms with Crippen LogP contribution in [0.15, 0.2) is 42.7 Å². The molecule has 23 heavy (non-hydrogen) atoms. The fourth-order valence-corrected chi connectivity index (χ4v) is 2.94. The zero-order valence-electron chi connectivity index (χ0n) is 13.2. The summed E-state index contributed by atoms with van der Waals surface area (Å²) >= 11 is 0. The molecule has 3 rings (SSSR count). The number of nitrogens with one attached hydrogen (secondary N) is 1. The number of likely N-dealkylation sites (tertiary alicyclic amines) is 1. The lowest BCUT2D eigenvalue weighted by molar-refractivity contribution is 0.0776. The molecular weight excluding hydrogens is 290 g/mol. The van der Waals surface area contributed by atoms with E-state index in [0.29, 0.717) is 29.8 Å². The lowest BCUT2D eigenvalue weighted by atomic mass is 9.90. The van der Waals surface area contributed by atoms with Crippen molar-refractivity contribution in [2.24, 2.45) is 11.1 Å². The van der Waals surface area contributed by atoms with Crippen molar-refractivity contribution in [2.45, 2.75) is 13.3 Å². The van der Waals surface area contributed by atoms with Crippen molar-refractivity contribution in [3.8, 4) is 0 Å². The summed E-state index contributed by atoms with van der Waals surface area (Å²) in [4.78, 5) is 29.5. The van der Waals surface area contributed by atoms with Gasteiger partial charge in [-0.2, -0.15) is 0 Å². The zero-order valence-corrected chi connectivity index (χ0v) is 13.2. The van der Waals surface area contributed by atoms with Crippen LogP contribution in [-0.2, 0) is 0 Å². The minimum atomic E-state index is -0.0536. The summed E-state index contributed by atoms with van der Waals surface area (Å²) < 4.78 is 0. The quantitative estimate of drug-likeness (QED) is 0.848. The summed E-state index contributed by atoms with van der Waals surface area (Å²) in [5.74, 6) is -0.0510. The lowest BCUT2D eigenvalue weighted by Gasteiger charge is -2.22. The maximum absolute atomic E-state index is 12.6. The van der Waals surface area contributed by atoms with Crippen LogP contribution in [0.3, 0.4) is 0 Å². The van der Waals surface area contributed by atoms with Crippen LogP contribution in [0.25, 0.3) is 0 Å². The van der Waals surface area contributed by atoms with E-state index in [1.807, 2.05) is 4.90 Å². The number of nitrogens with zero attached hydrogens (tertiary/aromatic N) is 1. The number of nitrogens with two attached hydrogens (primary N) is 1. The number of aromatic nitrogens is 1. The fraction of sp³-hybridized carbons (Fsp3) is 0.333. The Balaban J connectivity index is 1.73. The SMILES string of the molecule is CC1(CN)CCN(C(=O)c2ccc(C(=O)c3cc[nH]c3)cc2)C1. The van der Waals surface area contributed by atoms with E-state index < -0.39 is 0 Å². The average molecular weight is 311 g/mol. The number of amides is 1. The second-order valence-electron chi connectivity index (χ2n) is 6.50. The van der Waals surface area contributed by atoms with E-state index in [1.165, 1.54) is 0 Å². The van der Waals surface area contributed by atoms with E-state index >= 15 is 0 Å². The third kappa shape index (κ3) is 3.05. The highest BCUT2D eigenvalue weighted by atomic mass is 16.2. The normalized spacial score (nSPS) is 20.7. The number of benzene rings is 1. The van der Waals surface area contributed by atoms with Crippen LogP contribution < -0.4 is 5.73 Å². The van der Waals surface area contributed by atoms with E-state index in [9.17, 15) is 9.59 Å². The summed E-state index contributed by atoms with van der Waals surface area (Å²) in [6, 6.07) is 8.60. The van der Waals surface area contributed by atoms with Crippen LogP contribution in [-0.4, -0.2) is 41.2 Å². The Morgan fingerprint density at radius 1 is 1.17 bits per heavy atom. The molecule has 1 aromatic heterocycles. The molecule has 0 radical (unpaired) electrons. The van der Waals surface area contributed by atoms with Gasteiger partial charge in [0.15, 0.2) is 5.78 Å². The smallest absolute Gasteiger partial charge is 0.253 e. The van der Waals surface area contributed by atoms with Crippen LogP contribution >= 0.6 is 0 Å². The molecule has 0 spiro atoms. The van der Waals surface area contributed by atoms with Gasteiger partial charge in [-0.15, -0.1) is 0 Å². The first kappa shape index (κ1) is 15.5. The average Bonchev–Trinajstić information content (AvgIpc) is 3.24. The standard InChI is InChI=1S/C18H21N3O2/c1-18(11-19)7-9-21(12-18)17(23)14-4-2-13(3-5-14)16(22)15-6-8-20-10-15/h2-6,8,10,20H,7,9,11-12,19H2,1H3. The first-order chi connectivity index (χ1) is 11.0. The van der Waals surface area contributed by atoms with Gasteiger partial charge in [0.1, 0.15) is 0 Å². The largest absolute Gasteiger partial charge is 0.367 e. The van der Waals surface area contributed by atoms with Gasteiger partial charge in [-0.05, 0) is 36.6 Å². The third-order valence-corrected chi connectivity index (χ3v) is 4.59. The van der Waals surface area contributed by atoms with E-state index in [1.54, 1.807) is 42.7 Å². The molecule has 1 aliphatic rings. The van der Waals surface area contributed by atoms with Crippen molar-refractivity contribution in [2.75, 3.05) is 19.6 Å². The van der Waals surface area contributed by atoms with E-state index in [-0.39, 0.29) is 17.1 Å². The van der Waals surface area contributed by atoms with Crippen molar-refractivity contribution >= 4 is 11.7 Å². The molecule has 1 saturated heterocycles. The van der Waals surface area contributed by atoms with E-state index in [4.69, 9.17) is 5.73 Å². The number of carbonyl (C=O) groups is 2. The highest BCUT2D eigenvalue weighted by molar-refractivity contribution is 6.09. The Kier molecular flexibility index (Phi) is 4.05. The molecule has 0 aliphatic carbocycles.